The average Bonchev–Trinajstić information content (AvgIpc) is 2.79. The lowest BCUT2D eigenvalue weighted by Crippen LogP contribution is -2.50. The Morgan fingerprint density at radius 3 is 2.10 bits per heavy atom. The first-order valence-electron chi connectivity index (χ1n) is 10.4. The third kappa shape index (κ3) is 5.54. The number of carbonyl (C=O) groups is 1. The summed E-state index contributed by atoms with van der Waals surface area (Å²) in [5, 5.41) is 0. The number of hydrogen-bond donors (Lipinski definition) is 0. The maximum atomic E-state index is 13.1. The summed E-state index contributed by atoms with van der Waals surface area (Å²) >= 11 is 0. The summed E-state index contributed by atoms with van der Waals surface area (Å²) < 4.78 is 45.1. The highest BCUT2D eigenvalue weighted by atomic mass is 32.2. The molecule has 0 atom stereocenters. The van der Waals surface area contributed by atoms with E-state index in [2.05, 4.69) is 4.90 Å². The summed E-state index contributed by atoms with van der Waals surface area (Å²) in [6, 6.07) is 12.5. The molecule has 1 saturated heterocycles. The van der Waals surface area contributed by atoms with Gasteiger partial charge in [0, 0.05) is 45.0 Å². The molecule has 1 amide bonds. The molecule has 1 heterocycles. The predicted molar refractivity (Wildman–Crippen MR) is 117 cm³/mol. The molecular formula is C22H28FN3O4S. The lowest BCUT2D eigenvalue weighted by Gasteiger charge is -2.36. The standard InChI is InChI=1S/C22H28FN3O4S/c1-3-26(4-2)31(28,29)21-11-9-20(10-12-21)30-17-22(27)25-15-13-24(14-16-25)19-7-5-18(23)6-8-19/h5-12H,3-4,13-17H2,1-2H3. The molecule has 1 fully saturated rings. The van der Waals surface area contributed by atoms with Gasteiger partial charge in [-0.1, -0.05) is 13.8 Å². The largest absolute Gasteiger partial charge is 0.484 e. The van der Waals surface area contributed by atoms with Crippen molar-refractivity contribution in [3.05, 3.63) is 54.3 Å². The second-order valence-electron chi connectivity index (χ2n) is 7.19. The Morgan fingerprint density at radius 1 is 0.968 bits per heavy atom. The fourth-order valence-electron chi connectivity index (χ4n) is 3.52. The van der Waals surface area contributed by atoms with E-state index >= 15 is 0 Å². The Labute approximate surface area is 183 Å². The molecule has 31 heavy (non-hydrogen) atoms. The van der Waals surface area contributed by atoms with Gasteiger partial charge in [-0.3, -0.25) is 4.79 Å². The SMILES string of the molecule is CCN(CC)S(=O)(=O)c1ccc(OCC(=O)N2CCN(c3ccc(F)cc3)CC2)cc1. The van der Waals surface area contributed by atoms with Crippen LogP contribution in [0.5, 0.6) is 5.75 Å². The van der Waals surface area contributed by atoms with Crippen molar-refractivity contribution in [1.29, 1.82) is 0 Å². The van der Waals surface area contributed by atoms with Gasteiger partial charge in [-0.2, -0.15) is 4.31 Å². The van der Waals surface area contributed by atoms with Gasteiger partial charge in [0.25, 0.3) is 5.91 Å². The van der Waals surface area contributed by atoms with Crippen molar-refractivity contribution in [2.24, 2.45) is 0 Å². The number of halogens is 1. The minimum atomic E-state index is -3.52. The minimum Gasteiger partial charge on any atom is -0.484 e. The first-order valence-corrected chi connectivity index (χ1v) is 11.8. The molecule has 0 bridgehead atoms. The number of hydrogen-bond acceptors (Lipinski definition) is 5. The van der Waals surface area contributed by atoms with E-state index in [0.29, 0.717) is 45.0 Å². The summed E-state index contributed by atoms with van der Waals surface area (Å²) in [6.07, 6.45) is 0. The Kier molecular flexibility index (Phi) is 7.50. The van der Waals surface area contributed by atoms with Crippen molar-refractivity contribution >= 4 is 21.6 Å². The highest BCUT2D eigenvalue weighted by Crippen LogP contribution is 2.20. The fraction of sp³-hybridized carbons (Fsp3) is 0.409. The van der Waals surface area contributed by atoms with Crippen molar-refractivity contribution in [3.63, 3.8) is 0 Å². The van der Waals surface area contributed by atoms with Crippen molar-refractivity contribution in [2.75, 3.05) is 50.8 Å². The average molecular weight is 450 g/mol. The molecule has 0 aromatic heterocycles. The molecule has 3 rings (SSSR count). The molecule has 2 aromatic rings. The van der Waals surface area contributed by atoms with Crippen LogP contribution in [0.3, 0.4) is 0 Å². The monoisotopic (exact) mass is 449 g/mol. The van der Waals surface area contributed by atoms with E-state index in [9.17, 15) is 17.6 Å². The fourth-order valence-corrected chi connectivity index (χ4v) is 4.98. The van der Waals surface area contributed by atoms with E-state index < -0.39 is 10.0 Å². The summed E-state index contributed by atoms with van der Waals surface area (Å²) in [5.74, 6) is 0.0452. The van der Waals surface area contributed by atoms with Crippen LogP contribution >= 0.6 is 0 Å². The minimum absolute atomic E-state index is 0.112. The van der Waals surface area contributed by atoms with E-state index in [1.165, 1.54) is 28.6 Å². The number of ether oxygens (including phenoxy) is 1. The van der Waals surface area contributed by atoms with Crippen molar-refractivity contribution in [1.82, 2.24) is 9.21 Å². The summed E-state index contributed by atoms with van der Waals surface area (Å²) in [4.78, 5) is 16.5. The zero-order valence-electron chi connectivity index (χ0n) is 17.8. The van der Waals surface area contributed by atoms with Crippen LogP contribution < -0.4 is 9.64 Å². The topological polar surface area (TPSA) is 70.2 Å². The van der Waals surface area contributed by atoms with Crippen LogP contribution in [0.2, 0.25) is 0 Å². The molecule has 0 unspecified atom stereocenters. The molecule has 1 aliphatic rings. The van der Waals surface area contributed by atoms with Crippen LogP contribution in [-0.2, 0) is 14.8 Å². The second kappa shape index (κ2) is 10.1. The van der Waals surface area contributed by atoms with E-state index in [1.807, 2.05) is 0 Å². The maximum Gasteiger partial charge on any atom is 0.260 e. The number of amides is 1. The lowest BCUT2D eigenvalue weighted by molar-refractivity contribution is -0.133. The van der Waals surface area contributed by atoms with Gasteiger partial charge in [0.1, 0.15) is 11.6 Å². The third-order valence-corrected chi connectivity index (χ3v) is 7.42. The Hall–Kier alpha value is -2.65. The molecule has 0 saturated carbocycles. The molecule has 0 radical (unpaired) electrons. The number of benzene rings is 2. The summed E-state index contributed by atoms with van der Waals surface area (Å²) in [6.45, 7) is 6.72. The molecular weight excluding hydrogens is 421 g/mol. The number of sulfonamides is 1. The van der Waals surface area contributed by atoms with Crippen LogP contribution in [0.25, 0.3) is 0 Å². The molecule has 168 valence electrons. The highest BCUT2D eigenvalue weighted by molar-refractivity contribution is 7.89. The van der Waals surface area contributed by atoms with Gasteiger partial charge in [-0.05, 0) is 48.5 Å². The van der Waals surface area contributed by atoms with Crippen molar-refractivity contribution in [2.45, 2.75) is 18.7 Å². The van der Waals surface area contributed by atoms with Gasteiger partial charge in [-0.25, -0.2) is 12.8 Å². The van der Waals surface area contributed by atoms with Crippen molar-refractivity contribution < 1.29 is 22.3 Å². The first-order chi connectivity index (χ1) is 14.8. The second-order valence-corrected chi connectivity index (χ2v) is 9.13. The quantitative estimate of drug-likeness (QED) is 0.620. The molecule has 9 heteroatoms. The Bertz CT molecular complexity index is 969. The molecule has 1 aliphatic heterocycles. The van der Waals surface area contributed by atoms with Gasteiger partial charge in [0.05, 0.1) is 4.90 Å². The highest BCUT2D eigenvalue weighted by Gasteiger charge is 2.23. The van der Waals surface area contributed by atoms with E-state index in [0.717, 1.165) is 5.69 Å². The van der Waals surface area contributed by atoms with Gasteiger partial charge in [0.2, 0.25) is 10.0 Å². The zero-order chi connectivity index (χ0) is 22.4. The van der Waals surface area contributed by atoms with Crippen LogP contribution in [0.4, 0.5) is 10.1 Å². The van der Waals surface area contributed by atoms with Crippen molar-refractivity contribution in [3.8, 4) is 5.75 Å². The number of carbonyl (C=O) groups excluding carboxylic acids is 1. The van der Waals surface area contributed by atoms with E-state index in [-0.39, 0.29) is 23.2 Å². The maximum absolute atomic E-state index is 13.1. The van der Waals surface area contributed by atoms with Crippen LogP contribution in [0, 0.1) is 5.82 Å². The van der Waals surface area contributed by atoms with Gasteiger partial charge in [-0.15, -0.1) is 0 Å². The van der Waals surface area contributed by atoms with Gasteiger partial charge in [0.15, 0.2) is 6.61 Å². The molecule has 0 spiro atoms. The number of nitrogens with zero attached hydrogens (tertiary/aromatic N) is 3. The lowest BCUT2D eigenvalue weighted by atomic mass is 10.2. The van der Waals surface area contributed by atoms with Crippen LogP contribution in [0.1, 0.15) is 13.8 Å². The Morgan fingerprint density at radius 2 is 1.55 bits per heavy atom. The van der Waals surface area contributed by atoms with Crippen LogP contribution in [-0.4, -0.2) is 69.4 Å². The molecule has 2 aromatic carbocycles. The van der Waals surface area contributed by atoms with E-state index in [4.69, 9.17) is 4.74 Å². The predicted octanol–water partition coefficient (Wildman–Crippen LogP) is 2.58. The van der Waals surface area contributed by atoms with Gasteiger partial charge < -0.3 is 14.5 Å². The zero-order valence-corrected chi connectivity index (χ0v) is 18.6. The number of rotatable bonds is 8. The summed E-state index contributed by atoms with van der Waals surface area (Å²) in [5.41, 5.74) is 0.935. The van der Waals surface area contributed by atoms with Gasteiger partial charge >= 0.3 is 0 Å². The van der Waals surface area contributed by atoms with E-state index in [1.54, 1.807) is 43.0 Å². The molecule has 0 aliphatic carbocycles. The molecule has 0 N–H and O–H groups in total. The first kappa shape index (κ1) is 23.0. The number of anilines is 1. The number of piperazine rings is 1. The third-order valence-electron chi connectivity index (χ3n) is 5.35. The smallest absolute Gasteiger partial charge is 0.260 e. The Balaban J connectivity index is 1.50. The normalized spacial score (nSPS) is 14.7. The van der Waals surface area contributed by atoms with Crippen LogP contribution in [0.15, 0.2) is 53.4 Å². The summed E-state index contributed by atoms with van der Waals surface area (Å²) in [7, 11) is -3.52. The molecule has 7 nitrogen and oxygen atoms in total.